The average molecular weight is 435 g/mol. The van der Waals surface area contributed by atoms with Crippen molar-refractivity contribution in [3.8, 4) is 0 Å². The lowest BCUT2D eigenvalue weighted by molar-refractivity contribution is 0.270. The van der Waals surface area contributed by atoms with Gasteiger partial charge in [0.15, 0.2) is 11.0 Å². The Bertz CT molecular complexity index is 1040. The molecular weight excluding hydrogens is 404 g/mol. The fourth-order valence-electron chi connectivity index (χ4n) is 3.46. The van der Waals surface area contributed by atoms with Crippen molar-refractivity contribution in [1.82, 2.24) is 29.6 Å². The summed E-state index contributed by atoms with van der Waals surface area (Å²) < 4.78 is 2.23. The van der Waals surface area contributed by atoms with Gasteiger partial charge >= 0.3 is 0 Å². The fraction of sp³-hybridized carbons (Fsp3) is 0.600. The molecule has 0 aliphatic rings. The van der Waals surface area contributed by atoms with E-state index in [1.807, 2.05) is 13.8 Å². The first-order valence-corrected chi connectivity index (χ1v) is 11.9. The minimum atomic E-state index is -0.0563. The van der Waals surface area contributed by atoms with Crippen LogP contribution in [0.1, 0.15) is 61.2 Å². The van der Waals surface area contributed by atoms with Crippen molar-refractivity contribution < 1.29 is 0 Å². The molecule has 158 valence electrons. The molecule has 0 aromatic carbocycles. The molecule has 0 bridgehead atoms. The fourth-order valence-corrected chi connectivity index (χ4v) is 5.35. The first-order valence-electron chi connectivity index (χ1n) is 10.1. The van der Waals surface area contributed by atoms with E-state index in [0.717, 1.165) is 52.1 Å². The Morgan fingerprint density at radius 3 is 2.66 bits per heavy atom. The van der Waals surface area contributed by atoms with Crippen molar-refractivity contribution in [3.63, 3.8) is 0 Å². The minimum Gasteiger partial charge on any atom is -0.309 e. The lowest BCUT2D eigenvalue weighted by atomic mass is 10.2. The van der Waals surface area contributed by atoms with E-state index < -0.39 is 0 Å². The molecule has 0 aliphatic carbocycles. The number of rotatable bonds is 9. The van der Waals surface area contributed by atoms with E-state index in [9.17, 15) is 4.79 Å². The molecule has 0 fully saturated rings. The molecule has 1 N–H and O–H groups in total. The van der Waals surface area contributed by atoms with Crippen molar-refractivity contribution in [1.29, 1.82) is 0 Å². The maximum absolute atomic E-state index is 12.5. The van der Waals surface area contributed by atoms with Crippen molar-refractivity contribution in [2.75, 3.05) is 14.1 Å². The summed E-state index contributed by atoms with van der Waals surface area (Å²) in [5.41, 5.74) is 0.968. The SMILES string of the molecule is CCCCn1c(SCc2nc3sc(C)c(C)c3c(=O)[nH]2)nnc1C(CC)N(C)C. The van der Waals surface area contributed by atoms with Crippen LogP contribution in [0.2, 0.25) is 0 Å². The summed E-state index contributed by atoms with van der Waals surface area (Å²) in [6.07, 6.45) is 3.17. The zero-order chi connectivity index (χ0) is 21.1. The third kappa shape index (κ3) is 4.57. The Hall–Kier alpha value is -1.71. The Morgan fingerprint density at radius 2 is 2.00 bits per heavy atom. The van der Waals surface area contributed by atoms with Crippen LogP contribution >= 0.6 is 23.1 Å². The zero-order valence-corrected chi connectivity index (χ0v) is 19.7. The van der Waals surface area contributed by atoms with Gasteiger partial charge in [-0.3, -0.25) is 9.69 Å². The van der Waals surface area contributed by atoms with E-state index in [0.29, 0.717) is 17.0 Å². The lowest BCUT2D eigenvalue weighted by Gasteiger charge is -2.23. The molecule has 0 saturated carbocycles. The molecule has 0 aliphatic heterocycles. The van der Waals surface area contributed by atoms with E-state index in [1.54, 1.807) is 23.1 Å². The molecule has 0 amide bonds. The maximum atomic E-state index is 12.5. The van der Waals surface area contributed by atoms with Crippen LogP contribution in [0.3, 0.4) is 0 Å². The molecular formula is C20H30N6OS2. The Balaban J connectivity index is 1.87. The number of aryl methyl sites for hydroxylation is 2. The summed E-state index contributed by atoms with van der Waals surface area (Å²) in [4.78, 5) is 24.3. The molecule has 1 unspecified atom stereocenters. The van der Waals surface area contributed by atoms with E-state index in [4.69, 9.17) is 0 Å². The predicted molar refractivity (Wildman–Crippen MR) is 121 cm³/mol. The number of H-pyrrole nitrogens is 1. The van der Waals surface area contributed by atoms with Crippen LogP contribution in [-0.4, -0.2) is 43.7 Å². The molecule has 3 rings (SSSR count). The summed E-state index contributed by atoms with van der Waals surface area (Å²) in [6, 6.07) is 0.236. The summed E-state index contributed by atoms with van der Waals surface area (Å²) in [5.74, 6) is 2.25. The molecule has 29 heavy (non-hydrogen) atoms. The van der Waals surface area contributed by atoms with Crippen LogP contribution in [0.25, 0.3) is 10.2 Å². The van der Waals surface area contributed by atoms with E-state index in [2.05, 4.69) is 57.6 Å². The normalized spacial score (nSPS) is 12.9. The maximum Gasteiger partial charge on any atom is 0.259 e. The van der Waals surface area contributed by atoms with Gasteiger partial charge in [0.2, 0.25) is 0 Å². The van der Waals surface area contributed by atoms with E-state index in [1.165, 1.54) is 0 Å². The zero-order valence-electron chi connectivity index (χ0n) is 18.1. The smallest absolute Gasteiger partial charge is 0.259 e. The van der Waals surface area contributed by atoms with Crippen molar-refractivity contribution in [3.05, 3.63) is 32.4 Å². The number of unbranched alkanes of at least 4 members (excludes halogenated alkanes) is 1. The van der Waals surface area contributed by atoms with Gasteiger partial charge in [-0.25, -0.2) is 4.98 Å². The number of hydrogen-bond acceptors (Lipinski definition) is 7. The number of aromatic nitrogens is 5. The van der Waals surface area contributed by atoms with Crippen LogP contribution in [-0.2, 0) is 12.3 Å². The predicted octanol–water partition coefficient (Wildman–Crippen LogP) is 4.30. The Labute approximate surface area is 180 Å². The molecule has 0 saturated heterocycles. The van der Waals surface area contributed by atoms with Gasteiger partial charge in [0.1, 0.15) is 10.7 Å². The van der Waals surface area contributed by atoms with Crippen LogP contribution in [0.15, 0.2) is 9.95 Å². The van der Waals surface area contributed by atoms with Gasteiger partial charge in [-0.2, -0.15) is 0 Å². The second-order valence-corrected chi connectivity index (χ2v) is 9.64. The van der Waals surface area contributed by atoms with Gasteiger partial charge in [0, 0.05) is 11.4 Å². The number of hydrogen-bond donors (Lipinski definition) is 1. The highest BCUT2D eigenvalue weighted by atomic mass is 32.2. The topological polar surface area (TPSA) is 79.7 Å². The number of thiophene rings is 1. The number of nitrogens with zero attached hydrogens (tertiary/aromatic N) is 5. The number of thioether (sulfide) groups is 1. The summed E-state index contributed by atoms with van der Waals surface area (Å²) in [5, 5.41) is 10.6. The molecule has 7 nitrogen and oxygen atoms in total. The summed E-state index contributed by atoms with van der Waals surface area (Å²) in [6.45, 7) is 9.27. The lowest BCUT2D eigenvalue weighted by Crippen LogP contribution is -2.23. The third-order valence-corrected chi connectivity index (χ3v) is 7.29. The monoisotopic (exact) mass is 434 g/mol. The third-order valence-electron chi connectivity index (χ3n) is 5.21. The second-order valence-electron chi connectivity index (χ2n) is 7.50. The minimum absolute atomic E-state index is 0.0563. The van der Waals surface area contributed by atoms with Gasteiger partial charge in [-0.15, -0.1) is 21.5 Å². The van der Waals surface area contributed by atoms with Crippen LogP contribution in [0, 0.1) is 13.8 Å². The van der Waals surface area contributed by atoms with E-state index >= 15 is 0 Å². The Kier molecular flexibility index (Phi) is 7.13. The summed E-state index contributed by atoms with van der Waals surface area (Å²) >= 11 is 3.16. The van der Waals surface area contributed by atoms with Crippen LogP contribution in [0.4, 0.5) is 0 Å². The second kappa shape index (κ2) is 9.40. The largest absolute Gasteiger partial charge is 0.309 e. The van der Waals surface area contributed by atoms with Gasteiger partial charge in [-0.05, 0) is 46.3 Å². The first kappa shape index (κ1) is 22.0. The van der Waals surface area contributed by atoms with Crippen LogP contribution < -0.4 is 5.56 Å². The van der Waals surface area contributed by atoms with Crippen molar-refractivity contribution >= 4 is 33.3 Å². The Morgan fingerprint density at radius 1 is 1.24 bits per heavy atom. The summed E-state index contributed by atoms with van der Waals surface area (Å²) in [7, 11) is 4.16. The molecule has 9 heteroatoms. The first-order chi connectivity index (χ1) is 13.9. The van der Waals surface area contributed by atoms with Crippen molar-refractivity contribution in [2.45, 2.75) is 70.5 Å². The standard InChI is InChI=1S/C20H30N6OS2/c1-7-9-10-26-17(14(8-2)25(5)6)23-24-20(26)28-11-15-21-18(27)16-12(3)13(4)29-19(16)22-15/h14H,7-11H2,1-6H3,(H,21,22,27). The number of nitrogens with one attached hydrogen (secondary N) is 1. The highest BCUT2D eigenvalue weighted by Gasteiger charge is 2.22. The number of aromatic amines is 1. The van der Waals surface area contributed by atoms with Gasteiger partial charge in [0.25, 0.3) is 5.56 Å². The molecule has 0 radical (unpaired) electrons. The van der Waals surface area contributed by atoms with Gasteiger partial charge in [0.05, 0.1) is 17.2 Å². The van der Waals surface area contributed by atoms with Crippen LogP contribution in [0.5, 0.6) is 0 Å². The average Bonchev–Trinajstić information content (AvgIpc) is 3.19. The van der Waals surface area contributed by atoms with E-state index in [-0.39, 0.29) is 11.6 Å². The molecule has 1 atom stereocenters. The molecule has 0 spiro atoms. The molecule has 3 aromatic rings. The van der Waals surface area contributed by atoms with Gasteiger partial charge in [-0.1, -0.05) is 32.0 Å². The molecule has 3 aromatic heterocycles. The highest BCUT2D eigenvalue weighted by molar-refractivity contribution is 7.98. The molecule has 3 heterocycles. The highest BCUT2D eigenvalue weighted by Crippen LogP contribution is 2.29. The van der Waals surface area contributed by atoms with Crippen molar-refractivity contribution in [2.24, 2.45) is 0 Å². The number of fused-ring (bicyclic) bond motifs is 1. The quantitative estimate of drug-likeness (QED) is 0.506. The van der Waals surface area contributed by atoms with Gasteiger partial charge < -0.3 is 9.55 Å².